The highest BCUT2D eigenvalue weighted by atomic mass is 16.1. The third-order valence-corrected chi connectivity index (χ3v) is 6.93. The van der Waals surface area contributed by atoms with Gasteiger partial charge in [-0.2, -0.15) is 0 Å². The number of hydrogen-bond donors (Lipinski definition) is 0. The van der Waals surface area contributed by atoms with Crippen molar-refractivity contribution in [2.45, 2.75) is 65.1 Å². The first-order valence-corrected chi connectivity index (χ1v) is 8.22. The van der Waals surface area contributed by atoms with Crippen LogP contribution in [0.15, 0.2) is 11.6 Å². The van der Waals surface area contributed by atoms with Crippen molar-refractivity contribution < 1.29 is 16.4 Å². The van der Waals surface area contributed by atoms with Crippen molar-refractivity contribution in [3.8, 4) is 0 Å². The Hall–Kier alpha value is -0.920. The van der Waals surface area contributed by atoms with Crippen LogP contribution >= 0.6 is 0 Å². The van der Waals surface area contributed by atoms with Gasteiger partial charge in [-0.05, 0) is 67.8 Å². The van der Waals surface area contributed by atoms with Gasteiger partial charge >= 0.3 is 0 Å². The SMILES string of the molecule is [2H]C1([2H])C[C@H]2[C@@H]3CCC4=CC(=O)CC[C@]4(C)[C@H]3CC[C@]2(C([2H])([2H])[2H])C1=O. The summed E-state index contributed by atoms with van der Waals surface area (Å²) in [5.74, 6) is -0.666. The van der Waals surface area contributed by atoms with Gasteiger partial charge in [-0.3, -0.25) is 9.59 Å². The van der Waals surface area contributed by atoms with Crippen LogP contribution in [0.5, 0.6) is 0 Å². The molecule has 4 aliphatic carbocycles. The van der Waals surface area contributed by atoms with Crippen molar-refractivity contribution in [1.82, 2.24) is 0 Å². The quantitative estimate of drug-likeness (QED) is 0.673. The molecule has 0 spiro atoms. The summed E-state index contributed by atoms with van der Waals surface area (Å²) in [6.07, 6.45) is 3.47. The van der Waals surface area contributed by atoms with Crippen molar-refractivity contribution in [1.29, 1.82) is 0 Å². The highest BCUT2D eigenvalue weighted by molar-refractivity contribution is 5.91. The minimum Gasteiger partial charge on any atom is -0.299 e. The zero-order valence-corrected chi connectivity index (χ0v) is 12.6. The Kier molecular flexibility index (Phi) is 1.90. The Labute approximate surface area is 134 Å². The summed E-state index contributed by atoms with van der Waals surface area (Å²) in [5, 5.41) is 0. The molecule has 0 aromatic rings. The number of Topliss-reactive ketones (excluding diaryl/α,β-unsaturated/α-hetero) is 1. The summed E-state index contributed by atoms with van der Waals surface area (Å²) >= 11 is 0. The first-order chi connectivity index (χ1) is 11.9. The van der Waals surface area contributed by atoms with Crippen molar-refractivity contribution in [2.24, 2.45) is 28.6 Å². The maximum Gasteiger partial charge on any atom is 0.155 e. The molecule has 0 aliphatic heterocycles. The first kappa shape index (κ1) is 9.27. The Bertz CT molecular complexity index is 709. The molecule has 0 aromatic heterocycles. The van der Waals surface area contributed by atoms with Gasteiger partial charge in [0, 0.05) is 25.1 Å². The molecule has 3 fully saturated rings. The maximum absolute atomic E-state index is 12.9. The molecule has 3 saturated carbocycles. The monoisotopic (exact) mass is 291 g/mol. The number of rotatable bonds is 0. The van der Waals surface area contributed by atoms with E-state index < -0.39 is 30.3 Å². The molecule has 0 aromatic carbocycles. The van der Waals surface area contributed by atoms with Crippen molar-refractivity contribution >= 4 is 11.6 Å². The van der Waals surface area contributed by atoms with Crippen LogP contribution in [0.1, 0.15) is 71.9 Å². The fraction of sp³-hybridized carbons (Fsp3) is 0.789. The lowest BCUT2D eigenvalue weighted by Crippen LogP contribution is -2.50. The Morgan fingerprint density at radius 3 is 2.76 bits per heavy atom. The van der Waals surface area contributed by atoms with Crippen LogP contribution in [-0.4, -0.2) is 11.6 Å². The molecule has 114 valence electrons. The molecule has 4 aliphatic rings. The number of allylic oxidation sites excluding steroid dienone is 1. The molecular formula is C19H26O2. The van der Waals surface area contributed by atoms with E-state index in [1.54, 1.807) is 6.08 Å². The van der Waals surface area contributed by atoms with E-state index in [1.165, 1.54) is 5.57 Å². The Morgan fingerprint density at radius 1 is 1.14 bits per heavy atom. The van der Waals surface area contributed by atoms with Crippen molar-refractivity contribution in [3.05, 3.63) is 11.6 Å². The fourth-order valence-corrected chi connectivity index (χ4v) is 5.67. The van der Waals surface area contributed by atoms with Crippen LogP contribution < -0.4 is 0 Å². The van der Waals surface area contributed by atoms with Gasteiger partial charge in [0.05, 0.1) is 0 Å². The second kappa shape index (κ2) is 4.30. The number of carbonyl (C=O) groups is 2. The molecule has 0 saturated heterocycles. The van der Waals surface area contributed by atoms with Crippen LogP contribution in [0.2, 0.25) is 0 Å². The van der Waals surface area contributed by atoms with Gasteiger partial charge in [0.1, 0.15) is 5.78 Å². The molecule has 4 rings (SSSR count). The van der Waals surface area contributed by atoms with Crippen LogP contribution in [0.3, 0.4) is 0 Å². The van der Waals surface area contributed by atoms with E-state index in [2.05, 4.69) is 6.92 Å². The smallest absolute Gasteiger partial charge is 0.155 e. The number of hydrogen-bond acceptors (Lipinski definition) is 2. The summed E-state index contributed by atoms with van der Waals surface area (Å²) in [6, 6.07) is 0. The number of carbonyl (C=O) groups excluding carboxylic acids is 2. The topological polar surface area (TPSA) is 34.1 Å². The lowest BCUT2D eigenvalue weighted by molar-refractivity contribution is -0.132. The van der Waals surface area contributed by atoms with Gasteiger partial charge in [0.25, 0.3) is 0 Å². The highest BCUT2D eigenvalue weighted by Gasteiger charge is 2.58. The molecule has 0 heterocycles. The van der Waals surface area contributed by atoms with Crippen LogP contribution in [0.4, 0.5) is 0 Å². The maximum atomic E-state index is 12.9. The van der Waals surface area contributed by atoms with Gasteiger partial charge in [0.2, 0.25) is 0 Å². The summed E-state index contributed by atoms with van der Waals surface area (Å²) in [4.78, 5) is 24.8. The zero-order chi connectivity index (χ0) is 19.1. The lowest BCUT2D eigenvalue weighted by Gasteiger charge is -2.56. The van der Waals surface area contributed by atoms with E-state index in [1.807, 2.05) is 0 Å². The van der Waals surface area contributed by atoms with Gasteiger partial charge in [-0.15, -0.1) is 0 Å². The molecule has 2 nitrogen and oxygen atoms in total. The van der Waals surface area contributed by atoms with Gasteiger partial charge in [0.15, 0.2) is 5.78 Å². The predicted octanol–water partition coefficient (Wildman–Crippen LogP) is 4.09. The van der Waals surface area contributed by atoms with Crippen LogP contribution in [-0.2, 0) is 9.59 Å². The Balaban J connectivity index is 1.78. The largest absolute Gasteiger partial charge is 0.299 e. The van der Waals surface area contributed by atoms with Gasteiger partial charge < -0.3 is 0 Å². The summed E-state index contributed by atoms with van der Waals surface area (Å²) in [7, 11) is 0. The number of ketones is 2. The van der Waals surface area contributed by atoms with E-state index in [0.717, 1.165) is 19.3 Å². The van der Waals surface area contributed by atoms with Crippen molar-refractivity contribution in [2.75, 3.05) is 0 Å². The fourth-order valence-electron chi connectivity index (χ4n) is 5.67. The summed E-state index contributed by atoms with van der Waals surface area (Å²) < 4.78 is 40.6. The molecule has 21 heavy (non-hydrogen) atoms. The molecule has 2 heteroatoms. The molecular weight excluding hydrogens is 260 g/mol. The molecule has 5 atom stereocenters. The van der Waals surface area contributed by atoms with Crippen LogP contribution in [0, 0.1) is 28.6 Å². The summed E-state index contributed by atoms with van der Waals surface area (Å²) in [5.41, 5.74) is -0.459. The minimum atomic E-state index is -2.47. The standard InChI is InChI=1S/C19H26O2/c1-18-9-7-13(20)11-12(18)3-4-14-15-5-6-17(21)19(15,2)10-8-16(14)18/h11,14-16H,3-10H2,1-2H3/t14-,15-,16-,18-,19-/m0/s1/i2D3,6D2. The van der Waals surface area contributed by atoms with E-state index in [-0.39, 0.29) is 35.9 Å². The third kappa shape index (κ3) is 1.71. The Morgan fingerprint density at radius 2 is 1.95 bits per heavy atom. The lowest BCUT2D eigenvalue weighted by atomic mass is 9.47. The van der Waals surface area contributed by atoms with E-state index in [4.69, 9.17) is 6.85 Å². The van der Waals surface area contributed by atoms with E-state index >= 15 is 0 Å². The van der Waals surface area contributed by atoms with E-state index in [0.29, 0.717) is 12.8 Å². The van der Waals surface area contributed by atoms with E-state index in [9.17, 15) is 9.59 Å². The second-order valence-electron chi connectivity index (χ2n) is 7.69. The number of fused-ring (bicyclic) bond motifs is 5. The molecule has 0 unspecified atom stereocenters. The summed E-state index contributed by atoms with van der Waals surface area (Å²) in [6.45, 7) is -0.279. The molecule has 0 bridgehead atoms. The average Bonchev–Trinajstić information content (AvgIpc) is 2.75. The van der Waals surface area contributed by atoms with Crippen LogP contribution in [0.25, 0.3) is 0 Å². The average molecular weight is 291 g/mol. The minimum absolute atomic E-state index is 0.0272. The normalized spacial score (nSPS) is 55.8. The zero-order valence-electron chi connectivity index (χ0n) is 17.6. The molecule has 0 N–H and O–H groups in total. The molecule has 0 radical (unpaired) electrons. The predicted molar refractivity (Wildman–Crippen MR) is 81.7 cm³/mol. The van der Waals surface area contributed by atoms with Gasteiger partial charge in [-0.1, -0.05) is 19.3 Å². The first-order valence-electron chi connectivity index (χ1n) is 10.7. The van der Waals surface area contributed by atoms with Crippen molar-refractivity contribution in [3.63, 3.8) is 0 Å². The third-order valence-electron chi connectivity index (χ3n) is 6.93. The molecule has 0 amide bonds. The highest BCUT2D eigenvalue weighted by Crippen LogP contribution is 2.64. The second-order valence-corrected chi connectivity index (χ2v) is 7.69. The van der Waals surface area contributed by atoms with Gasteiger partial charge in [-0.25, -0.2) is 0 Å².